The number of likely N-dealkylation sites (N-methyl/N-ethyl adjacent to an activating group) is 1. The highest BCUT2D eigenvalue weighted by Crippen LogP contribution is 2.36. The topological polar surface area (TPSA) is 439 Å². The van der Waals surface area contributed by atoms with Gasteiger partial charge in [-0.1, -0.05) is 96.8 Å². The lowest BCUT2D eigenvalue weighted by Crippen LogP contribution is -2.72. The molecule has 4 saturated heterocycles. The summed E-state index contributed by atoms with van der Waals surface area (Å²) in [5, 5.41) is 96.6. The Labute approximate surface area is 465 Å². The smallest absolute Gasteiger partial charge is 0.404 e. The molecule has 0 spiro atoms. The largest absolute Gasteiger partial charge is 0.447 e. The summed E-state index contributed by atoms with van der Waals surface area (Å²) in [5.41, 5.74) is 10.6. The Morgan fingerprint density at radius 1 is 0.487 bits per heavy atom. The van der Waals surface area contributed by atoms with E-state index in [4.69, 9.17) is 54.1 Å². The molecule has 462 valence electrons. The molecule has 0 aromatic heterocycles. The van der Waals surface area contributed by atoms with E-state index >= 15 is 0 Å². The van der Waals surface area contributed by atoms with Crippen molar-refractivity contribution in [3.05, 3.63) is 0 Å². The van der Waals surface area contributed by atoms with E-state index < -0.39 is 185 Å². The molecule has 29 heteroatoms. The van der Waals surface area contributed by atoms with E-state index in [9.17, 15) is 69.6 Å². The van der Waals surface area contributed by atoms with Crippen LogP contribution in [0, 0.1) is 0 Å². The van der Waals surface area contributed by atoms with Gasteiger partial charge >= 0.3 is 12.2 Å². The van der Waals surface area contributed by atoms with Crippen molar-refractivity contribution in [2.45, 2.75) is 253 Å². The van der Waals surface area contributed by atoms with Crippen LogP contribution in [-0.2, 0) is 61.8 Å². The number of nitrogens with two attached hydrogens (primary N) is 2. The highest BCUT2D eigenvalue weighted by Gasteiger charge is 2.57. The maximum absolute atomic E-state index is 13.9. The summed E-state index contributed by atoms with van der Waals surface area (Å²) in [7, 11) is 1.33. The molecule has 0 bridgehead atoms. The Morgan fingerprint density at radius 3 is 1.26 bits per heavy atom. The fourth-order valence-corrected chi connectivity index (χ4v) is 10.6. The monoisotopic (exact) mass is 1150 g/mol. The summed E-state index contributed by atoms with van der Waals surface area (Å²) in [4.78, 5) is 76.3. The minimum absolute atomic E-state index is 0.00285. The average molecular weight is 1160 g/mol. The highest BCUT2D eigenvalue weighted by atomic mass is 16.8. The van der Waals surface area contributed by atoms with Crippen molar-refractivity contribution in [1.29, 1.82) is 0 Å². The van der Waals surface area contributed by atoms with E-state index in [0.29, 0.717) is 6.42 Å². The first-order valence-electron chi connectivity index (χ1n) is 27.8. The number of nitrogens with zero attached hydrogens (tertiary/aromatic N) is 1. The minimum Gasteiger partial charge on any atom is -0.447 e. The molecule has 4 heterocycles. The van der Waals surface area contributed by atoms with E-state index in [0.717, 1.165) is 57.8 Å². The fraction of sp³-hybridized carbons (Fsp3) is 0.882. The first-order chi connectivity index (χ1) is 38.1. The molecular formula is C51H90N6O23. The van der Waals surface area contributed by atoms with Gasteiger partial charge in [0.05, 0.1) is 19.8 Å². The molecule has 0 aromatic carbocycles. The number of aliphatic hydroxyl groups excluding tert-OH is 8. The molecule has 29 nitrogen and oxygen atoms in total. The molecule has 0 unspecified atom stereocenters. The number of amides is 6. The number of carbonyl (C=O) groups is 6. The number of hydrogen-bond donors (Lipinski definition) is 13. The third-order valence-corrected chi connectivity index (χ3v) is 14.7. The van der Waals surface area contributed by atoms with Crippen LogP contribution in [0.2, 0.25) is 0 Å². The van der Waals surface area contributed by atoms with E-state index in [1.807, 2.05) is 0 Å². The third-order valence-electron chi connectivity index (χ3n) is 14.7. The van der Waals surface area contributed by atoms with Gasteiger partial charge in [0.1, 0.15) is 97.9 Å². The van der Waals surface area contributed by atoms with Crippen molar-refractivity contribution in [2.75, 3.05) is 33.5 Å². The zero-order chi connectivity index (χ0) is 59.2. The molecule has 0 aliphatic carbocycles. The van der Waals surface area contributed by atoms with Gasteiger partial charge in [-0.25, -0.2) is 9.59 Å². The molecular weight excluding hydrogens is 1060 g/mol. The number of carbonyl (C=O) groups excluding carboxylic acids is 6. The van der Waals surface area contributed by atoms with Gasteiger partial charge < -0.3 is 116 Å². The lowest BCUT2D eigenvalue weighted by Gasteiger charge is -2.51. The molecule has 4 fully saturated rings. The van der Waals surface area contributed by atoms with Crippen LogP contribution in [0.1, 0.15) is 130 Å². The average Bonchev–Trinajstić information content (AvgIpc) is 3.39. The Hall–Kier alpha value is -4.18. The molecule has 4 aliphatic rings. The molecule has 4 rings (SSSR count). The van der Waals surface area contributed by atoms with E-state index in [1.165, 1.54) is 64.8 Å². The highest BCUT2D eigenvalue weighted by molar-refractivity contribution is 5.76. The molecule has 6 amide bonds. The van der Waals surface area contributed by atoms with Crippen molar-refractivity contribution in [2.24, 2.45) is 11.5 Å². The number of unbranched alkanes of at least 4 members (excludes halogenated alkanes) is 14. The maximum Gasteiger partial charge on any atom is 0.404 e. The summed E-state index contributed by atoms with van der Waals surface area (Å²) in [6.07, 6.45) is -14.2. The van der Waals surface area contributed by atoms with Crippen molar-refractivity contribution in [3.8, 4) is 0 Å². The fourth-order valence-electron chi connectivity index (χ4n) is 10.6. The first-order valence-corrected chi connectivity index (χ1v) is 27.8. The second kappa shape index (κ2) is 34.4. The van der Waals surface area contributed by atoms with Crippen molar-refractivity contribution < 1.29 is 112 Å². The lowest BCUT2D eigenvalue weighted by molar-refractivity contribution is -0.363. The Kier molecular flexibility index (Phi) is 29.4. The van der Waals surface area contributed by atoms with Gasteiger partial charge in [-0.3, -0.25) is 19.2 Å². The van der Waals surface area contributed by atoms with Crippen LogP contribution >= 0.6 is 0 Å². The van der Waals surface area contributed by atoms with Crippen molar-refractivity contribution >= 4 is 35.8 Å². The van der Waals surface area contributed by atoms with Gasteiger partial charge in [-0.2, -0.15) is 0 Å². The van der Waals surface area contributed by atoms with Gasteiger partial charge in [0.2, 0.25) is 23.6 Å². The van der Waals surface area contributed by atoms with Gasteiger partial charge in [0.15, 0.2) is 31.3 Å². The SMILES string of the molecule is CCCCCCCCCCCCCCCCCC(=O)N(C)[C@H]1[C@H](O[C@H]2[C@H](O)[C@@H](NC(C)=O)[C@H](O[C@H]3[C@H](O)[C@@H](NC(C)=O)[C@H](O[C@H]4[C@H](O)[C@@H](NC(C)=O)[C@H](O)O[C@@H]4CO)O[C@@H]3CO)O[C@@H]2CO)O[C@H](COC(N)=O)[C@@H](OC(N)=O)[C@@H]1O. The number of rotatable bonds is 32. The first kappa shape index (κ1) is 68.3. The summed E-state index contributed by atoms with van der Waals surface area (Å²) in [6.45, 7) is 1.91. The number of ether oxygens (including phenoxy) is 9. The number of nitrogens with one attached hydrogen (secondary N) is 3. The summed E-state index contributed by atoms with van der Waals surface area (Å²) in [6, 6.07) is -6.42. The molecule has 0 saturated carbocycles. The predicted octanol–water partition coefficient (Wildman–Crippen LogP) is -2.38. The van der Waals surface area contributed by atoms with E-state index in [1.54, 1.807) is 0 Å². The summed E-state index contributed by atoms with van der Waals surface area (Å²) in [5.74, 6) is -2.73. The standard InChI is InChI=1S/C51H90N6O23/c1-6-7-8-9-10-11-12-13-14-15-16-17-18-19-20-21-33(64)57(5)37-41(68)45(80-51(53)71)32(25-72-50(52)70)76-49(37)79-44-31(24-60)75-48(36(40(44)67)56-28(4)63)78-43-30(23-59)74-47(35(39(43)66)55-27(3)62)77-42-29(22-58)73-46(69)34(38(42)65)54-26(2)61/h29-32,34-49,58-60,65-69H,6-25H2,1-5H3,(H2,52,70)(H2,53,71)(H,54,61)(H,55,62)(H,56,63)/t29-,30-,31-,32-,34-,35-,36-,37-,38-,39-,40-,41-,42-,43-,44-,45-,46-,47+,48+,49+/m1/s1. The van der Waals surface area contributed by atoms with Gasteiger partial charge in [0.25, 0.3) is 0 Å². The normalized spacial score (nSPS) is 34.4. The zero-order valence-electron chi connectivity index (χ0n) is 46.5. The summed E-state index contributed by atoms with van der Waals surface area (Å²) < 4.78 is 52.3. The maximum atomic E-state index is 13.9. The number of primary amides is 2. The molecule has 0 radical (unpaired) electrons. The minimum atomic E-state index is -1.98. The van der Waals surface area contributed by atoms with Crippen LogP contribution in [-0.4, -0.2) is 238 Å². The molecule has 80 heavy (non-hydrogen) atoms. The molecule has 20 atom stereocenters. The second-order valence-corrected chi connectivity index (χ2v) is 20.9. The predicted molar refractivity (Wildman–Crippen MR) is 276 cm³/mol. The Bertz CT molecular complexity index is 1920. The van der Waals surface area contributed by atoms with Crippen LogP contribution in [0.25, 0.3) is 0 Å². The number of hydrogen-bond acceptors (Lipinski definition) is 23. The van der Waals surface area contributed by atoms with Gasteiger partial charge in [0, 0.05) is 34.2 Å². The molecule has 0 aromatic rings. The molecule has 15 N–H and O–H groups in total. The van der Waals surface area contributed by atoms with Gasteiger partial charge in [-0.05, 0) is 6.42 Å². The van der Waals surface area contributed by atoms with Crippen LogP contribution in [0.4, 0.5) is 9.59 Å². The number of aliphatic hydroxyl groups is 8. The van der Waals surface area contributed by atoms with Crippen LogP contribution in [0.5, 0.6) is 0 Å². The summed E-state index contributed by atoms with van der Waals surface area (Å²) >= 11 is 0. The lowest BCUT2D eigenvalue weighted by atomic mass is 9.93. The van der Waals surface area contributed by atoms with Crippen molar-refractivity contribution in [1.82, 2.24) is 20.9 Å². The van der Waals surface area contributed by atoms with Gasteiger partial charge in [-0.15, -0.1) is 0 Å². The molecule has 4 aliphatic heterocycles. The zero-order valence-corrected chi connectivity index (χ0v) is 46.5. The third kappa shape index (κ3) is 20.0. The van der Waals surface area contributed by atoms with Crippen molar-refractivity contribution in [3.63, 3.8) is 0 Å². The van der Waals surface area contributed by atoms with Crippen LogP contribution in [0.3, 0.4) is 0 Å². The Morgan fingerprint density at radius 2 is 0.863 bits per heavy atom. The van der Waals surface area contributed by atoms with Crippen LogP contribution in [0.15, 0.2) is 0 Å². The van der Waals surface area contributed by atoms with Crippen LogP contribution < -0.4 is 27.4 Å². The quantitative estimate of drug-likeness (QED) is 0.0313. The van der Waals surface area contributed by atoms with E-state index in [-0.39, 0.29) is 6.42 Å². The van der Waals surface area contributed by atoms with E-state index in [2.05, 4.69) is 22.9 Å². The Balaban J connectivity index is 1.54. The second-order valence-electron chi connectivity index (χ2n) is 20.9.